The predicted molar refractivity (Wildman–Crippen MR) is 187 cm³/mol. The summed E-state index contributed by atoms with van der Waals surface area (Å²) in [6, 6.07) is 3.83. The van der Waals surface area contributed by atoms with Crippen LogP contribution < -0.4 is 19.9 Å². The van der Waals surface area contributed by atoms with Gasteiger partial charge in [-0.3, -0.25) is 19.1 Å². The molecule has 270 valence electrons. The Bertz CT molecular complexity index is 1810. The van der Waals surface area contributed by atoms with Crippen molar-refractivity contribution in [3.05, 3.63) is 36.0 Å². The lowest BCUT2D eigenvalue weighted by atomic mass is 9.85. The zero-order valence-corrected chi connectivity index (χ0v) is 30.0. The number of Topliss-reactive ketones (excluding diaryl/α,β-unsaturated/α-hetero) is 1. The fraction of sp³-hybridized carbons (Fsp3) is 0.649. The number of ketones is 1. The van der Waals surface area contributed by atoms with Gasteiger partial charge in [0.15, 0.2) is 5.78 Å². The van der Waals surface area contributed by atoms with E-state index in [1.54, 1.807) is 18.1 Å². The van der Waals surface area contributed by atoms with E-state index in [0.717, 1.165) is 49.7 Å². The first-order chi connectivity index (χ1) is 23.9. The van der Waals surface area contributed by atoms with E-state index in [0.29, 0.717) is 42.3 Å². The van der Waals surface area contributed by atoms with Gasteiger partial charge in [0, 0.05) is 24.8 Å². The molecule has 7 atom stereocenters. The molecule has 2 aromatic rings. The summed E-state index contributed by atoms with van der Waals surface area (Å²) in [6.07, 6.45) is 10.0. The second-order valence-electron chi connectivity index (χ2n) is 15.4. The molecule has 13 heteroatoms. The first-order valence-electron chi connectivity index (χ1n) is 18.3. The number of sulfonamides is 1. The second-order valence-corrected chi connectivity index (χ2v) is 17.3. The number of nitrogens with one attached hydrogen (secondary N) is 1. The third-order valence-corrected chi connectivity index (χ3v) is 13.3. The second kappa shape index (κ2) is 13.5. The van der Waals surface area contributed by atoms with Crippen molar-refractivity contribution in [1.29, 1.82) is 0 Å². The number of fused-ring (bicyclic) bond motifs is 3. The molecule has 0 unspecified atom stereocenters. The molecule has 0 bridgehead atoms. The third kappa shape index (κ3) is 6.99. The molecular weight excluding hydrogens is 659 g/mol. The Balaban J connectivity index is 1.20. The Morgan fingerprint density at radius 1 is 1.10 bits per heavy atom. The van der Waals surface area contributed by atoms with Crippen molar-refractivity contribution in [2.24, 2.45) is 28.9 Å². The van der Waals surface area contributed by atoms with Crippen LogP contribution in [0.15, 0.2) is 30.4 Å². The van der Waals surface area contributed by atoms with Crippen molar-refractivity contribution in [3.8, 4) is 11.6 Å². The van der Waals surface area contributed by atoms with Gasteiger partial charge in [-0.2, -0.15) is 0 Å². The van der Waals surface area contributed by atoms with Gasteiger partial charge in [0.2, 0.25) is 27.7 Å². The number of carbonyl (C=O) groups is 3. The van der Waals surface area contributed by atoms with Crippen LogP contribution in [0.3, 0.4) is 0 Å². The average molecular weight is 708 g/mol. The summed E-state index contributed by atoms with van der Waals surface area (Å²) in [5.74, 6) is 0.00233. The number of carbonyl (C=O) groups excluding carboxylic acids is 3. The van der Waals surface area contributed by atoms with Crippen LogP contribution in [-0.4, -0.2) is 78.0 Å². The zero-order chi connectivity index (χ0) is 35.4. The van der Waals surface area contributed by atoms with E-state index < -0.39 is 44.8 Å². The maximum atomic E-state index is 14.4. The molecule has 1 aromatic heterocycles. The molecule has 3 aliphatic carbocycles. The molecule has 0 spiro atoms. The predicted octanol–water partition coefficient (Wildman–Crippen LogP) is 4.17. The molecule has 2 amide bonds. The molecular formula is C37H49N5O7S. The fourth-order valence-electron chi connectivity index (χ4n) is 7.95. The number of rotatable bonds is 8. The number of aromatic nitrogens is 2. The number of benzene rings is 1. The minimum absolute atomic E-state index is 0.0664. The number of ether oxygens (including phenoxy) is 2. The summed E-state index contributed by atoms with van der Waals surface area (Å²) in [6.45, 7) is 4.33. The molecule has 3 heterocycles. The Morgan fingerprint density at radius 3 is 2.58 bits per heavy atom. The number of amides is 2. The van der Waals surface area contributed by atoms with Crippen LogP contribution in [0, 0.1) is 23.2 Å². The summed E-state index contributed by atoms with van der Waals surface area (Å²) in [5.41, 5.74) is 7.65. The molecule has 3 N–H and O–H groups in total. The summed E-state index contributed by atoms with van der Waals surface area (Å²) < 4.78 is 39.9. The molecule has 50 heavy (non-hydrogen) atoms. The monoisotopic (exact) mass is 707 g/mol. The minimum atomic E-state index is -3.81. The van der Waals surface area contributed by atoms with Crippen LogP contribution in [0.1, 0.15) is 96.1 Å². The van der Waals surface area contributed by atoms with Gasteiger partial charge in [0.05, 0.1) is 47.4 Å². The highest BCUT2D eigenvalue weighted by atomic mass is 32.2. The van der Waals surface area contributed by atoms with Gasteiger partial charge in [0.1, 0.15) is 17.5 Å². The Labute approximate surface area is 294 Å². The molecule has 1 aromatic carbocycles. The molecule has 2 aliphatic heterocycles. The highest BCUT2D eigenvalue weighted by molar-refractivity contribution is 7.90. The summed E-state index contributed by atoms with van der Waals surface area (Å²) >= 11 is 0. The lowest BCUT2D eigenvalue weighted by Gasteiger charge is -2.31. The highest BCUT2D eigenvalue weighted by Crippen LogP contribution is 2.57. The van der Waals surface area contributed by atoms with Gasteiger partial charge in [0.25, 0.3) is 0 Å². The van der Waals surface area contributed by atoms with Crippen molar-refractivity contribution in [1.82, 2.24) is 19.6 Å². The van der Waals surface area contributed by atoms with Crippen LogP contribution in [0.5, 0.6) is 11.6 Å². The van der Waals surface area contributed by atoms with Gasteiger partial charge in [-0.1, -0.05) is 32.4 Å². The number of nitrogens with zero attached hydrogens (tertiary/aromatic N) is 3. The van der Waals surface area contributed by atoms with Gasteiger partial charge < -0.3 is 20.1 Å². The maximum Gasteiger partial charge on any atom is 0.240 e. The lowest BCUT2D eigenvalue weighted by molar-refractivity contribution is -0.141. The molecule has 7 rings (SSSR count). The zero-order valence-electron chi connectivity index (χ0n) is 29.2. The Morgan fingerprint density at radius 2 is 1.88 bits per heavy atom. The van der Waals surface area contributed by atoms with E-state index >= 15 is 0 Å². The van der Waals surface area contributed by atoms with Crippen LogP contribution in [0.2, 0.25) is 0 Å². The van der Waals surface area contributed by atoms with E-state index in [1.165, 1.54) is 0 Å². The van der Waals surface area contributed by atoms with Gasteiger partial charge in [-0.15, -0.1) is 0 Å². The number of nitrogens with two attached hydrogens (primary N) is 1. The van der Waals surface area contributed by atoms with E-state index in [-0.39, 0.29) is 48.8 Å². The van der Waals surface area contributed by atoms with Crippen molar-refractivity contribution >= 4 is 38.7 Å². The van der Waals surface area contributed by atoms with Crippen LogP contribution >= 0.6 is 0 Å². The summed E-state index contributed by atoms with van der Waals surface area (Å²) in [7, 11) is -2.22. The quantitative estimate of drug-likeness (QED) is 0.380. The molecule has 0 radical (unpaired) electrons. The van der Waals surface area contributed by atoms with E-state index in [1.807, 2.05) is 31.2 Å². The molecule has 5 aliphatic rings. The first kappa shape index (κ1) is 34.9. The van der Waals surface area contributed by atoms with Crippen molar-refractivity contribution in [2.45, 2.75) is 114 Å². The standard InChI is InChI=1S/C37H49N5O7S/c1-4-22-15-21(2)7-5-6-8-24-18-37(24,36(45)41-50(46,47)27-12-13-27)19-31(43)30-17-26(20-42(30)35(44)32(22)38)49-34-33(23-9-10-23)39-28-14-11-25(48-3)16-29(28)40-34/h6,8,11,14,16,21-24,26-27,30,32H,4-5,7,9-10,12-13,15,17-20,38H2,1-3H3,(H,41,45)/b8-6-/t21-,22-,24-,26-,30+,32+,37-/m1/s1. The van der Waals surface area contributed by atoms with Crippen LogP contribution in [0.25, 0.3) is 11.0 Å². The van der Waals surface area contributed by atoms with Crippen LogP contribution in [-0.2, 0) is 24.4 Å². The largest absolute Gasteiger partial charge is 0.497 e. The first-order valence-corrected chi connectivity index (χ1v) is 19.8. The number of allylic oxidation sites excluding steroid dienone is 2. The number of hydrogen-bond acceptors (Lipinski definition) is 10. The smallest absolute Gasteiger partial charge is 0.240 e. The van der Waals surface area contributed by atoms with Crippen molar-refractivity contribution in [2.75, 3.05) is 13.7 Å². The normalized spacial score (nSPS) is 32.8. The van der Waals surface area contributed by atoms with E-state index in [9.17, 15) is 22.8 Å². The third-order valence-electron chi connectivity index (χ3n) is 11.5. The van der Waals surface area contributed by atoms with E-state index in [4.69, 9.17) is 25.2 Å². The van der Waals surface area contributed by atoms with Crippen molar-refractivity contribution < 1.29 is 32.3 Å². The SMILES string of the molecule is CC[C@@H]1C[C@H](C)CC/C=C\[C@@H]2C[C@@]2(C(=O)NS(=O)(=O)C2CC2)CC(=O)[C@@H]2C[C@@H](Oc3nc4cc(OC)ccc4nc3C3CC3)CN2C(=O)[C@H]1N. The average Bonchev–Trinajstić information content (AvgIpc) is 3.98. The minimum Gasteiger partial charge on any atom is -0.497 e. The highest BCUT2D eigenvalue weighted by Gasteiger charge is 2.61. The fourth-order valence-corrected chi connectivity index (χ4v) is 9.33. The molecule has 1 saturated heterocycles. The lowest BCUT2D eigenvalue weighted by Crippen LogP contribution is -2.52. The Kier molecular flexibility index (Phi) is 9.42. The van der Waals surface area contributed by atoms with Crippen molar-refractivity contribution in [3.63, 3.8) is 0 Å². The van der Waals surface area contributed by atoms with Gasteiger partial charge >= 0.3 is 0 Å². The van der Waals surface area contributed by atoms with Gasteiger partial charge in [-0.25, -0.2) is 18.4 Å². The Hall–Kier alpha value is -3.58. The number of hydrogen-bond donors (Lipinski definition) is 2. The van der Waals surface area contributed by atoms with E-state index in [2.05, 4.69) is 11.6 Å². The summed E-state index contributed by atoms with van der Waals surface area (Å²) in [5, 5.41) is -0.566. The van der Waals surface area contributed by atoms with Gasteiger partial charge in [-0.05, 0) is 81.3 Å². The topological polar surface area (TPSA) is 171 Å². The molecule has 3 saturated carbocycles. The van der Waals surface area contributed by atoms with Crippen LogP contribution in [0.4, 0.5) is 0 Å². The number of methoxy groups -OCH3 is 1. The molecule has 4 fully saturated rings. The maximum absolute atomic E-state index is 14.4. The summed E-state index contributed by atoms with van der Waals surface area (Å²) in [4.78, 5) is 53.7. The molecule has 12 nitrogen and oxygen atoms in total.